The monoisotopic (exact) mass is 467 g/mol. The van der Waals surface area contributed by atoms with Crippen LogP contribution in [0.2, 0.25) is 0 Å². The van der Waals surface area contributed by atoms with E-state index in [0.717, 1.165) is 43.0 Å². The van der Waals surface area contributed by atoms with Crippen LogP contribution in [0.5, 0.6) is 0 Å². The molecule has 2 aromatic rings. The van der Waals surface area contributed by atoms with Crippen molar-refractivity contribution >= 4 is 23.2 Å². The van der Waals surface area contributed by atoms with E-state index < -0.39 is 0 Å². The molecule has 34 heavy (non-hydrogen) atoms. The van der Waals surface area contributed by atoms with Crippen LogP contribution in [-0.2, 0) is 9.59 Å². The second-order valence-electron chi connectivity index (χ2n) is 9.19. The van der Waals surface area contributed by atoms with Crippen molar-refractivity contribution in [2.75, 3.05) is 75.7 Å². The van der Waals surface area contributed by atoms with Crippen LogP contribution in [0.4, 0.5) is 15.8 Å². The summed E-state index contributed by atoms with van der Waals surface area (Å²) in [6.45, 7) is 10.3. The van der Waals surface area contributed by atoms with Crippen LogP contribution >= 0.6 is 0 Å². The first-order valence-electron chi connectivity index (χ1n) is 12.0. The Morgan fingerprint density at radius 2 is 1.38 bits per heavy atom. The highest BCUT2D eigenvalue weighted by Crippen LogP contribution is 2.21. The molecule has 0 unspecified atom stereocenters. The van der Waals surface area contributed by atoms with E-state index in [0.29, 0.717) is 45.0 Å². The molecule has 8 heteroatoms. The summed E-state index contributed by atoms with van der Waals surface area (Å²) >= 11 is 0. The van der Waals surface area contributed by atoms with Gasteiger partial charge in [0.2, 0.25) is 11.8 Å². The third-order valence-electron chi connectivity index (χ3n) is 6.76. The van der Waals surface area contributed by atoms with Gasteiger partial charge in [0, 0.05) is 58.0 Å². The van der Waals surface area contributed by atoms with Crippen LogP contribution in [0.3, 0.4) is 0 Å². The Balaban J connectivity index is 1.18. The van der Waals surface area contributed by atoms with Crippen molar-refractivity contribution in [3.8, 4) is 0 Å². The fourth-order valence-electron chi connectivity index (χ4n) is 4.70. The summed E-state index contributed by atoms with van der Waals surface area (Å²) in [5.41, 5.74) is 3.62. The number of para-hydroxylation sites is 2. The van der Waals surface area contributed by atoms with Crippen molar-refractivity contribution in [1.29, 1.82) is 0 Å². The maximum Gasteiger partial charge on any atom is 0.238 e. The lowest BCUT2D eigenvalue weighted by Gasteiger charge is -2.38. The molecule has 0 aromatic heterocycles. The largest absolute Gasteiger partial charge is 0.366 e. The molecule has 0 saturated carbocycles. The van der Waals surface area contributed by atoms with Gasteiger partial charge in [-0.2, -0.15) is 0 Å². The Bertz CT molecular complexity index is 994. The third-order valence-corrected chi connectivity index (χ3v) is 6.76. The average molecular weight is 468 g/mol. The third kappa shape index (κ3) is 5.93. The van der Waals surface area contributed by atoms with Gasteiger partial charge in [0.05, 0.1) is 18.8 Å². The van der Waals surface area contributed by atoms with Gasteiger partial charge in [0.1, 0.15) is 5.82 Å². The molecule has 2 aromatic carbocycles. The molecule has 0 bridgehead atoms. The number of hydrogen-bond donors (Lipinski definition) is 1. The number of hydrogen-bond acceptors (Lipinski definition) is 5. The van der Waals surface area contributed by atoms with E-state index >= 15 is 0 Å². The molecule has 7 nitrogen and oxygen atoms in total. The number of benzene rings is 2. The predicted molar refractivity (Wildman–Crippen MR) is 133 cm³/mol. The standard InChI is InChI=1S/C26H34FN5O2/c1-20-6-5-7-21(2)26(20)28-24(33)18-29-10-12-30(13-11-29)19-25(34)32-16-14-31(15-17-32)23-9-4-3-8-22(23)27/h3-9H,10-19H2,1-2H3,(H,28,33). The van der Waals surface area contributed by atoms with Crippen LogP contribution in [0.15, 0.2) is 42.5 Å². The van der Waals surface area contributed by atoms with Crippen molar-refractivity contribution < 1.29 is 14.0 Å². The molecule has 2 heterocycles. The van der Waals surface area contributed by atoms with Gasteiger partial charge in [-0.3, -0.25) is 19.4 Å². The first kappa shape index (κ1) is 24.2. The molecule has 0 spiro atoms. The minimum atomic E-state index is -0.220. The maximum absolute atomic E-state index is 14.0. The zero-order chi connectivity index (χ0) is 24.1. The molecular weight excluding hydrogens is 433 g/mol. The molecule has 2 amide bonds. The Morgan fingerprint density at radius 3 is 2.00 bits per heavy atom. The first-order chi connectivity index (χ1) is 16.4. The van der Waals surface area contributed by atoms with Gasteiger partial charge in [0.25, 0.3) is 0 Å². The van der Waals surface area contributed by atoms with Crippen molar-refractivity contribution in [3.05, 3.63) is 59.4 Å². The zero-order valence-corrected chi connectivity index (χ0v) is 20.1. The number of halogens is 1. The summed E-state index contributed by atoms with van der Waals surface area (Å²) in [7, 11) is 0. The van der Waals surface area contributed by atoms with E-state index in [1.165, 1.54) is 6.07 Å². The normalized spacial score (nSPS) is 17.6. The van der Waals surface area contributed by atoms with Gasteiger partial charge in [-0.25, -0.2) is 4.39 Å². The molecule has 1 N–H and O–H groups in total. The number of piperazine rings is 2. The van der Waals surface area contributed by atoms with Gasteiger partial charge in [0.15, 0.2) is 0 Å². The van der Waals surface area contributed by atoms with E-state index in [1.54, 1.807) is 12.1 Å². The SMILES string of the molecule is Cc1cccc(C)c1NC(=O)CN1CCN(CC(=O)N2CCN(c3ccccc3F)CC2)CC1. The predicted octanol–water partition coefficient (Wildman–Crippen LogP) is 2.35. The molecule has 2 saturated heterocycles. The fraction of sp³-hybridized carbons (Fsp3) is 0.462. The number of nitrogens with zero attached hydrogens (tertiary/aromatic N) is 4. The molecule has 2 fully saturated rings. The second kappa shape index (κ2) is 11.0. The minimum Gasteiger partial charge on any atom is -0.366 e. The minimum absolute atomic E-state index is 0.00495. The number of anilines is 2. The highest BCUT2D eigenvalue weighted by atomic mass is 19.1. The van der Waals surface area contributed by atoms with Crippen LogP contribution in [0.1, 0.15) is 11.1 Å². The van der Waals surface area contributed by atoms with E-state index in [4.69, 9.17) is 0 Å². The summed E-state index contributed by atoms with van der Waals surface area (Å²) in [5.74, 6) is -0.105. The van der Waals surface area contributed by atoms with E-state index in [9.17, 15) is 14.0 Å². The second-order valence-corrected chi connectivity index (χ2v) is 9.19. The van der Waals surface area contributed by atoms with Crippen LogP contribution < -0.4 is 10.2 Å². The van der Waals surface area contributed by atoms with Crippen LogP contribution in [-0.4, -0.2) is 92.0 Å². The van der Waals surface area contributed by atoms with Gasteiger partial charge in [-0.15, -0.1) is 0 Å². The molecule has 0 atom stereocenters. The number of carbonyl (C=O) groups is 2. The number of nitrogens with one attached hydrogen (secondary N) is 1. The van der Waals surface area contributed by atoms with E-state index in [-0.39, 0.29) is 17.6 Å². The van der Waals surface area contributed by atoms with Crippen LogP contribution in [0.25, 0.3) is 0 Å². The molecule has 0 radical (unpaired) electrons. The molecular formula is C26H34FN5O2. The molecule has 2 aliphatic heterocycles. The maximum atomic E-state index is 14.0. The summed E-state index contributed by atoms with van der Waals surface area (Å²) in [6, 6.07) is 12.8. The van der Waals surface area contributed by atoms with E-state index in [2.05, 4.69) is 15.1 Å². The number of rotatable bonds is 6. The van der Waals surface area contributed by atoms with E-state index in [1.807, 2.05) is 47.9 Å². The zero-order valence-electron chi connectivity index (χ0n) is 20.1. The lowest BCUT2D eigenvalue weighted by molar-refractivity contribution is -0.133. The highest BCUT2D eigenvalue weighted by molar-refractivity contribution is 5.93. The summed E-state index contributed by atoms with van der Waals surface area (Å²) in [5, 5.41) is 3.05. The lowest BCUT2D eigenvalue weighted by atomic mass is 10.1. The van der Waals surface area contributed by atoms with Crippen molar-refractivity contribution in [1.82, 2.24) is 14.7 Å². The van der Waals surface area contributed by atoms with Gasteiger partial charge < -0.3 is 15.1 Å². The summed E-state index contributed by atoms with van der Waals surface area (Å²) in [6.07, 6.45) is 0. The van der Waals surface area contributed by atoms with Crippen molar-refractivity contribution in [2.45, 2.75) is 13.8 Å². The Labute approximate surface area is 201 Å². The Morgan fingerprint density at radius 1 is 0.794 bits per heavy atom. The molecule has 4 rings (SSSR count). The smallest absolute Gasteiger partial charge is 0.238 e. The number of amides is 2. The Kier molecular flexibility index (Phi) is 7.80. The average Bonchev–Trinajstić information content (AvgIpc) is 2.83. The molecule has 182 valence electrons. The first-order valence-corrected chi connectivity index (χ1v) is 12.0. The topological polar surface area (TPSA) is 59.1 Å². The number of carbonyl (C=O) groups excluding carboxylic acids is 2. The Hall–Kier alpha value is -2.97. The van der Waals surface area contributed by atoms with Gasteiger partial charge in [-0.05, 0) is 37.1 Å². The summed E-state index contributed by atoms with van der Waals surface area (Å²) < 4.78 is 14.0. The molecule has 0 aliphatic carbocycles. The fourth-order valence-corrected chi connectivity index (χ4v) is 4.70. The van der Waals surface area contributed by atoms with Crippen molar-refractivity contribution in [2.24, 2.45) is 0 Å². The highest BCUT2D eigenvalue weighted by Gasteiger charge is 2.26. The van der Waals surface area contributed by atoms with Gasteiger partial charge >= 0.3 is 0 Å². The molecule has 2 aliphatic rings. The summed E-state index contributed by atoms with van der Waals surface area (Å²) in [4.78, 5) is 33.5. The van der Waals surface area contributed by atoms with Gasteiger partial charge in [-0.1, -0.05) is 30.3 Å². The van der Waals surface area contributed by atoms with Crippen LogP contribution in [0, 0.1) is 19.7 Å². The number of aryl methyl sites for hydroxylation is 2. The van der Waals surface area contributed by atoms with Crippen molar-refractivity contribution in [3.63, 3.8) is 0 Å². The lowest BCUT2D eigenvalue weighted by Crippen LogP contribution is -2.54. The quantitative estimate of drug-likeness (QED) is 0.707.